The van der Waals surface area contributed by atoms with Gasteiger partial charge >= 0.3 is 12.0 Å². The largest absolute Gasteiger partial charge is 0.480 e. The van der Waals surface area contributed by atoms with Gasteiger partial charge in [-0.15, -0.1) is 0 Å². The zero-order valence-electron chi connectivity index (χ0n) is 11.0. The first kappa shape index (κ1) is 14.9. The lowest BCUT2D eigenvalue weighted by Crippen LogP contribution is -2.49. The molecule has 0 radical (unpaired) electrons. The van der Waals surface area contributed by atoms with Gasteiger partial charge in [0.1, 0.15) is 0 Å². The molecule has 1 aromatic rings. The number of aliphatic hydroxyl groups excluding tert-OH is 1. The van der Waals surface area contributed by atoms with Crippen molar-refractivity contribution in [3.05, 3.63) is 23.5 Å². The highest BCUT2D eigenvalue weighted by Gasteiger charge is 2.25. The second kappa shape index (κ2) is 6.14. The summed E-state index contributed by atoms with van der Waals surface area (Å²) in [4.78, 5) is 26.6. The van der Waals surface area contributed by atoms with Crippen LogP contribution in [-0.2, 0) is 4.79 Å². The molecule has 0 aliphatic carbocycles. The summed E-state index contributed by atoms with van der Waals surface area (Å²) >= 11 is 0. The number of carboxylic acid groups (broad SMARTS) is 1. The van der Waals surface area contributed by atoms with E-state index in [0.29, 0.717) is 11.4 Å². The molecule has 4 N–H and O–H groups in total. The first-order valence-corrected chi connectivity index (χ1v) is 5.74. The summed E-state index contributed by atoms with van der Waals surface area (Å²) in [5, 5.41) is 22.8. The Hall–Kier alpha value is -2.15. The molecule has 1 heterocycles. The minimum absolute atomic E-state index is 0.484. The van der Waals surface area contributed by atoms with E-state index in [0.717, 1.165) is 5.69 Å². The first-order valence-electron chi connectivity index (χ1n) is 5.74. The number of hydrogen-bond acceptors (Lipinski definition) is 4. The standard InChI is InChI=1S/C12H17N3O4/c1-6-4-5-9(7(2)13-6)14-12(19)15-10(8(3)16)11(17)18/h4-5,8,10,16H,1-3H3,(H,17,18)(H2,14,15,19). The van der Waals surface area contributed by atoms with Gasteiger partial charge in [0.15, 0.2) is 6.04 Å². The summed E-state index contributed by atoms with van der Waals surface area (Å²) in [5.41, 5.74) is 1.92. The number of aromatic nitrogens is 1. The van der Waals surface area contributed by atoms with Crippen molar-refractivity contribution in [3.8, 4) is 0 Å². The number of aliphatic carboxylic acids is 1. The fraction of sp³-hybridized carbons (Fsp3) is 0.417. The van der Waals surface area contributed by atoms with E-state index in [1.54, 1.807) is 19.1 Å². The number of rotatable bonds is 4. The molecule has 0 aliphatic heterocycles. The Morgan fingerprint density at radius 1 is 1.32 bits per heavy atom. The van der Waals surface area contributed by atoms with Gasteiger partial charge in [-0.25, -0.2) is 9.59 Å². The highest BCUT2D eigenvalue weighted by atomic mass is 16.4. The molecule has 2 atom stereocenters. The maximum Gasteiger partial charge on any atom is 0.328 e. The predicted molar refractivity (Wildman–Crippen MR) is 69.0 cm³/mol. The van der Waals surface area contributed by atoms with Gasteiger partial charge < -0.3 is 20.8 Å². The van der Waals surface area contributed by atoms with E-state index in [9.17, 15) is 14.7 Å². The number of pyridine rings is 1. The first-order chi connectivity index (χ1) is 8.81. The molecule has 0 bridgehead atoms. The molecule has 0 spiro atoms. The molecule has 7 nitrogen and oxygen atoms in total. The van der Waals surface area contributed by atoms with Crippen molar-refractivity contribution >= 4 is 17.7 Å². The Labute approximate surface area is 110 Å². The fourth-order valence-corrected chi connectivity index (χ4v) is 1.51. The van der Waals surface area contributed by atoms with Gasteiger partial charge in [0.25, 0.3) is 0 Å². The molecule has 2 unspecified atom stereocenters. The Bertz CT molecular complexity index is 488. The van der Waals surface area contributed by atoms with Crippen LogP contribution >= 0.6 is 0 Å². The van der Waals surface area contributed by atoms with E-state index in [-0.39, 0.29) is 0 Å². The van der Waals surface area contributed by atoms with Gasteiger partial charge in [-0.05, 0) is 32.9 Å². The van der Waals surface area contributed by atoms with Gasteiger partial charge in [-0.3, -0.25) is 4.98 Å². The zero-order chi connectivity index (χ0) is 14.6. The second-order valence-corrected chi connectivity index (χ2v) is 4.24. The lowest BCUT2D eigenvalue weighted by Gasteiger charge is -2.17. The summed E-state index contributed by atoms with van der Waals surface area (Å²) < 4.78 is 0. The zero-order valence-corrected chi connectivity index (χ0v) is 11.0. The predicted octanol–water partition coefficient (Wildman–Crippen LogP) is 0.654. The smallest absolute Gasteiger partial charge is 0.328 e. The SMILES string of the molecule is Cc1ccc(NC(=O)NC(C(=O)O)C(C)O)c(C)n1. The van der Waals surface area contributed by atoms with Crippen LogP contribution in [0.3, 0.4) is 0 Å². The van der Waals surface area contributed by atoms with Gasteiger partial charge in [-0.1, -0.05) is 0 Å². The van der Waals surface area contributed by atoms with Crippen molar-refractivity contribution in [1.82, 2.24) is 10.3 Å². The number of anilines is 1. The van der Waals surface area contributed by atoms with Crippen LogP contribution in [0.5, 0.6) is 0 Å². The highest BCUT2D eigenvalue weighted by molar-refractivity contribution is 5.92. The molecule has 2 amide bonds. The maximum absolute atomic E-state index is 11.6. The van der Waals surface area contributed by atoms with Crippen molar-refractivity contribution in [3.63, 3.8) is 0 Å². The molecule has 0 fully saturated rings. The molecular formula is C12H17N3O4. The van der Waals surface area contributed by atoms with Gasteiger partial charge in [0, 0.05) is 5.69 Å². The normalized spacial score (nSPS) is 13.5. The average molecular weight is 267 g/mol. The van der Waals surface area contributed by atoms with Crippen molar-refractivity contribution in [1.29, 1.82) is 0 Å². The van der Waals surface area contributed by atoms with Crippen LogP contribution < -0.4 is 10.6 Å². The topological polar surface area (TPSA) is 112 Å². The summed E-state index contributed by atoms with van der Waals surface area (Å²) in [6, 6.07) is 1.34. The third-order valence-electron chi connectivity index (χ3n) is 2.51. The maximum atomic E-state index is 11.6. The summed E-state index contributed by atoms with van der Waals surface area (Å²) in [7, 11) is 0. The monoisotopic (exact) mass is 267 g/mol. The molecule has 1 rings (SSSR count). The number of hydrogen-bond donors (Lipinski definition) is 4. The molecule has 1 aromatic heterocycles. The molecular weight excluding hydrogens is 250 g/mol. The molecule has 0 saturated carbocycles. The van der Waals surface area contributed by atoms with Crippen molar-refractivity contribution < 1.29 is 19.8 Å². The number of nitrogens with zero attached hydrogens (tertiary/aromatic N) is 1. The molecule has 7 heteroatoms. The van der Waals surface area contributed by atoms with E-state index in [2.05, 4.69) is 15.6 Å². The number of urea groups is 1. The minimum Gasteiger partial charge on any atom is -0.480 e. The van der Waals surface area contributed by atoms with E-state index in [1.807, 2.05) is 6.92 Å². The van der Waals surface area contributed by atoms with E-state index in [1.165, 1.54) is 6.92 Å². The quantitative estimate of drug-likeness (QED) is 0.640. The number of aryl methyl sites for hydroxylation is 2. The molecule has 0 aromatic carbocycles. The highest BCUT2D eigenvalue weighted by Crippen LogP contribution is 2.12. The van der Waals surface area contributed by atoms with Crippen LogP contribution in [0.25, 0.3) is 0 Å². The lowest BCUT2D eigenvalue weighted by molar-refractivity contribution is -0.141. The average Bonchev–Trinajstić information content (AvgIpc) is 2.29. The van der Waals surface area contributed by atoms with Crippen LogP contribution in [0.15, 0.2) is 12.1 Å². The van der Waals surface area contributed by atoms with Crippen LogP contribution in [0, 0.1) is 13.8 Å². The number of carbonyl (C=O) groups excluding carboxylic acids is 1. The van der Waals surface area contributed by atoms with Crippen LogP contribution in [0.4, 0.5) is 10.5 Å². The lowest BCUT2D eigenvalue weighted by atomic mass is 10.2. The van der Waals surface area contributed by atoms with E-state index in [4.69, 9.17) is 5.11 Å². The molecule has 104 valence electrons. The summed E-state index contributed by atoms with van der Waals surface area (Å²) in [6.07, 6.45) is -1.19. The Kier molecular flexibility index (Phi) is 4.82. The second-order valence-electron chi connectivity index (χ2n) is 4.24. The minimum atomic E-state index is -1.36. The Balaban J connectivity index is 2.72. The van der Waals surface area contributed by atoms with E-state index >= 15 is 0 Å². The van der Waals surface area contributed by atoms with Crippen molar-refractivity contribution in [2.24, 2.45) is 0 Å². The Morgan fingerprint density at radius 2 is 1.95 bits per heavy atom. The number of carbonyl (C=O) groups is 2. The van der Waals surface area contributed by atoms with Crippen LogP contribution in [0.2, 0.25) is 0 Å². The number of aliphatic hydroxyl groups is 1. The Morgan fingerprint density at radius 3 is 2.42 bits per heavy atom. The number of carboxylic acids is 1. The molecule has 0 aliphatic rings. The van der Waals surface area contributed by atoms with Crippen molar-refractivity contribution in [2.75, 3.05) is 5.32 Å². The molecule has 19 heavy (non-hydrogen) atoms. The third-order valence-corrected chi connectivity index (χ3v) is 2.51. The van der Waals surface area contributed by atoms with Crippen LogP contribution in [-0.4, -0.2) is 39.3 Å². The summed E-state index contributed by atoms with van der Waals surface area (Å²) in [6.45, 7) is 4.84. The van der Waals surface area contributed by atoms with Crippen LogP contribution in [0.1, 0.15) is 18.3 Å². The molecule has 0 saturated heterocycles. The van der Waals surface area contributed by atoms with Gasteiger partial charge in [0.05, 0.1) is 17.5 Å². The van der Waals surface area contributed by atoms with Gasteiger partial charge in [0.2, 0.25) is 0 Å². The van der Waals surface area contributed by atoms with E-state index < -0.39 is 24.1 Å². The van der Waals surface area contributed by atoms with Crippen molar-refractivity contribution in [2.45, 2.75) is 32.9 Å². The number of nitrogens with one attached hydrogen (secondary N) is 2. The number of amides is 2. The fourth-order valence-electron chi connectivity index (χ4n) is 1.51. The third kappa shape index (κ3) is 4.22. The van der Waals surface area contributed by atoms with Gasteiger partial charge in [-0.2, -0.15) is 0 Å². The summed E-state index contributed by atoms with van der Waals surface area (Å²) in [5.74, 6) is -1.30.